The quantitative estimate of drug-likeness (QED) is 0.650. The number of hydrogen-bond acceptors (Lipinski definition) is 4. The first-order valence-corrected chi connectivity index (χ1v) is 7.11. The Balaban J connectivity index is 2.48. The molecule has 0 saturated carbocycles. The van der Waals surface area contributed by atoms with Crippen LogP contribution < -0.4 is 0 Å². The van der Waals surface area contributed by atoms with Gasteiger partial charge in [0.25, 0.3) is 5.69 Å². The van der Waals surface area contributed by atoms with Crippen LogP contribution in [0.25, 0.3) is 5.69 Å². The summed E-state index contributed by atoms with van der Waals surface area (Å²) < 4.78 is 1.61. The molecule has 1 N–H and O–H groups in total. The number of nitro groups is 1. The van der Waals surface area contributed by atoms with Crippen LogP contribution in [0.5, 0.6) is 0 Å². The number of aromatic carboxylic acids is 1. The molecule has 0 amide bonds. The summed E-state index contributed by atoms with van der Waals surface area (Å²) >= 11 is 0. The average molecular weight is 313 g/mol. The first-order chi connectivity index (χ1) is 11.0. The van der Waals surface area contributed by atoms with Crippen molar-refractivity contribution in [3.05, 3.63) is 57.4 Å². The normalized spacial score (nSPS) is 10.3. The molecule has 0 atom stereocenters. The third-order valence-corrected chi connectivity index (χ3v) is 3.54. The summed E-state index contributed by atoms with van der Waals surface area (Å²) in [4.78, 5) is 21.4. The number of carboxylic acids is 1. The second-order valence-electron chi connectivity index (χ2n) is 5.08. The lowest BCUT2D eigenvalue weighted by Crippen LogP contribution is -2.04. The number of benzene rings is 1. The van der Waals surface area contributed by atoms with E-state index in [-0.39, 0.29) is 5.56 Å². The van der Waals surface area contributed by atoms with E-state index in [2.05, 4.69) is 13.0 Å². The van der Waals surface area contributed by atoms with Crippen LogP contribution >= 0.6 is 0 Å². The van der Waals surface area contributed by atoms with Crippen molar-refractivity contribution < 1.29 is 14.8 Å². The number of nitrogens with zero attached hydrogens (tertiary/aromatic N) is 3. The molecule has 7 nitrogen and oxygen atoms in total. The second-order valence-corrected chi connectivity index (χ2v) is 5.08. The van der Waals surface area contributed by atoms with E-state index in [1.807, 2.05) is 0 Å². The Labute approximate surface area is 132 Å². The highest BCUT2D eigenvalue weighted by Crippen LogP contribution is 2.24. The number of rotatable bonds is 6. The molecular formula is C16H15N3O4. The predicted octanol–water partition coefficient (Wildman–Crippen LogP) is 3.30. The lowest BCUT2D eigenvalue weighted by molar-refractivity contribution is -0.385. The van der Waals surface area contributed by atoms with Crippen LogP contribution in [0.1, 0.15) is 41.3 Å². The van der Waals surface area contributed by atoms with Gasteiger partial charge in [-0.25, -0.2) is 4.79 Å². The van der Waals surface area contributed by atoms with E-state index in [4.69, 9.17) is 5.11 Å². The molecule has 0 aliphatic heterocycles. The minimum absolute atomic E-state index is 0.363. The van der Waals surface area contributed by atoms with Gasteiger partial charge in [-0.3, -0.25) is 10.1 Å². The number of nitro benzene ring substituents is 1. The summed E-state index contributed by atoms with van der Waals surface area (Å²) in [7, 11) is 0. The van der Waals surface area contributed by atoms with Crippen molar-refractivity contribution >= 4 is 11.7 Å². The zero-order valence-corrected chi connectivity index (χ0v) is 12.5. The Hall–Kier alpha value is -3.14. The standard InChI is InChI=1S/C16H15N3O4/c1-2-3-4-11-9-18(10-12(11)8-17)13-5-6-14(16(20)21)15(7-13)19(22)23/h5-7,9-10H,2-4H2,1H3,(H,20,21). The Morgan fingerprint density at radius 2 is 2.17 bits per heavy atom. The monoisotopic (exact) mass is 313 g/mol. The van der Waals surface area contributed by atoms with Gasteiger partial charge in [-0.1, -0.05) is 13.3 Å². The van der Waals surface area contributed by atoms with Crippen molar-refractivity contribution in [3.63, 3.8) is 0 Å². The van der Waals surface area contributed by atoms with Crippen molar-refractivity contribution in [1.29, 1.82) is 5.26 Å². The maximum absolute atomic E-state index is 11.1. The van der Waals surface area contributed by atoms with Crippen LogP contribution in [0.2, 0.25) is 0 Å². The van der Waals surface area contributed by atoms with Crippen molar-refractivity contribution in [1.82, 2.24) is 4.57 Å². The van der Waals surface area contributed by atoms with Crippen LogP contribution in [0.3, 0.4) is 0 Å². The molecule has 0 spiro atoms. The Kier molecular flexibility index (Phi) is 4.76. The second kappa shape index (κ2) is 6.75. The van der Waals surface area contributed by atoms with Crippen LogP contribution in [0, 0.1) is 21.4 Å². The number of carboxylic acid groups (broad SMARTS) is 1. The van der Waals surface area contributed by atoms with Crippen molar-refractivity contribution in [2.24, 2.45) is 0 Å². The van der Waals surface area contributed by atoms with Gasteiger partial charge < -0.3 is 9.67 Å². The highest BCUT2D eigenvalue weighted by molar-refractivity contribution is 5.92. The van der Waals surface area contributed by atoms with E-state index in [0.29, 0.717) is 11.3 Å². The molecule has 7 heteroatoms. The summed E-state index contributed by atoms with van der Waals surface area (Å²) in [6, 6.07) is 6.00. The lowest BCUT2D eigenvalue weighted by Gasteiger charge is -2.04. The maximum atomic E-state index is 11.1. The van der Waals surface area contributed by atoms with E-state index in [0.717, 1.165) is 24.8 Å². The molecule has 118 valence electrons. The molecule has 0 unspecified atom stereocenters. The largest absolute Gasteiger partial charge is 0.477 e. The Morgan fingerprint density at radius 3 is 2.74 bits per heavy atom. The van der Waals surface area contributed by atoms with E-state index in [9.17, 15) is 20.2 Å². The van der Waals surface area contributed by atoms with Gasteiger partial charge in [0.2, 0.25) is 0 Å². The molecule has 2 aromatic rings. The first-order valence-electron chi connectivity index (χ1n) is 7.11. The fourth-order valence-electron chi connectivity index (χ4n) is 2.33. The molecular weight excluding hydrogens is 298 g/mol. The van der Waals surface area contributed by atoms with E-state index < -0.39 is 16.6 Å². The number of hydrogen-bond donors (Lipinski definition) is 1. The summed E-state index contributed by atoms with van der Waals surface area (Å²) in [5.41, 5.74) is 0.999. The molecule has 1 aromatic carbocycles. The van der Waals surface area contributed by atoms with Crippen molar-refractivity contribution in [2.45, 2.75) is 26.2 Å². The molecule has 23 heavy (non-hydrogen) atoms. The summed E-state index contributed by atoms with van der Waals surface area (Å²) in [6.07, 6.45) is 6.05. The molecule has 0 saturated heterocycles. The molecule has 0 aliphatic carbocycles. The van der Waals surface area contributed by atoms with E-state index >= 15 is 0 Å². The van der Waals surface area contributed by atoms with Crippen molar-refractivity contribution in [3.8, 4) is 11.8 Å². The Morgan fingerprint density at radius 1 is 1.43 bits per heavy atom. The third-order valence-electron chi connectivity index (χ3n) is 3.54. The van der Waals surface area contributed by atoms with Crippen LogP contribution in [-0.2, 0) is 6.42 Å². The average Bonchev–Trinajstić information content (AvgIpc) is 2.95. The molecule has 0 fully saturated rings. The molecule has 0 aliphatic rings. The number of aryl methyl sites for hydroxylation is 1. The summed E-state index contributed by atoms with van der Waals surface area (Å²) in [5, 5.41) is 29.3. The Bertz CT molecular complexity index is 802. The molecule has 1 heterocycles. The van der Waals surface area contributed by atoms with Gasteiger partial charge in [0.15, 0.2) is 0 Å². The fourth-order valence-corrected chi connectivity index (χ4v) is 2.33. The van der Waals surface area contributed by atoms with E-state index in [1.165, 1.54) is 18.2 Å². The molecule has 0 bridgehead atoms. The summed E-state index contributed by atoms with van der Waals surface area (Å²) in [5.74, 6) is -1.35. The van der Waals surface area contributed by atoms with Gasteiger partial charge in [0.05, 0.1) is 16.2 Å². The van der Waals surface area contributed by atoms with Crippen LogP contribution in [0.15, 0.2) is 30.6 Å². The number of aromatic nitrogens is 1. The predicted molar refractivity (Wildman–Crippen MR) is 82.7 cm³/mol. The van der Waals surface area contributed by atoms with Gasteiger partial charge in [-0.05, 0) is 30.5 Å². The van der Waals surface area contributed by atoms with Crippen molar-refractivity contribution in [2.75, 3.05) is 0 Å². The molecule has 0 radical (unpaired) electrons. The zero-order valence-electron chi connectivity index (χ0n) is 12.5. The smallest absolute Gasteiger partial charge is 0.342 e. The van der Waals surface area contributed by atoms with Gasteiger partial charge in [-0.2, -0.15) is 5.26 Å². The minimum atomic E-state index is -1.35. The van der Waals surface area contributed by atoms with Gasteiger partial charge in [0.1, 0.15) is 11.6 Å². The molecule has 2 rings (SSSR count). The minimum Gasteiger partial charge on any atom is -0.477 e. The van der Waals surface area contributed by atoms with Crippen LogP contribution in [0.4, 0.5) is 5.69 Å². The SMILES string of the molecule is CCCCc1cn(-c2ccc(C(=O)O)c([N+](=O)[O-])c2)cc1C#N. The number of nitriles is 1. The fraction of sp³-hybridized carbons (Fsp3) is 0.250. The van der Waals surface area contributed by atoms with Gasteiger partial charge in [0, 0.05) is 18.5 Å². The van der Waals surface area contributed by atoms with Crippen LogP contribution in [-0.4, -0.2) is 20.6 Å². The van der Waals surface area contributed by atoms with E-state index in [1.54, 1.807) is 17.0 Å². The lowest BCUT2D eigenvalue weighted by atomic mass is 10.1. The zero-order chi connectivity index (χ0) is 17.0. The number of carbonyl (C=O) groups is 1. The topological polar surface area (TPSA) is 109 Å². The highest BCUT2D eigenvalue weighted by atomic mass is 16.6. The molecule has 1 aromatic heterocycles. The third kappa shape index (κ3) is 3.37. The highest BCUT2D eigenvalue weighted by Gasteiger charge is 2.20. The first kappa shape index (κ1) is 16.2. The maximum Gasteiger partial charge on any atom is 0.342 e. The van der Waals surface area contributed by atoms with Gasteiger partial charge in [-0.15, -0.1) is 0 Å². The summed E-state index contributed by atoms with van der Waals surface area (Å²) in [6.45, 7) is 2.05. The van der Waals surface area contributed by atoms with Gasteiger partial charge >= 0.3 is 5.97 Å². The number of unbranched alkanes of at least 4 members (excludes halogenated alkanes) is 1.